The molecule has 5 nitrogen and oxygen atoms in total. The number of rotatable bonds is 5. The summed E-state index contributed by atoms with van der Waals surface area (Å²) < 4.78 is 0. The predicted octanol–water partition coefficient (Wildman–Crippen LogP) is 4.23. The molecule has 27 heavy (non-hydrogen) atoms. The van der Waals surface area contributed by atoms with Gasteiger partial charge in [-0.3, -0.25) is 9.59 Å². The van der Waals surface area contributed by atoms with E-state index in [1.807, 2.05) is 6.07 Å². The van der Waals surface area contributed by atoms with Gasteiger partial charge in [0.15, 0.2) is 0 Å². The van der Waals surface area contributed by atoms with Crippen LogP contribution in [0.4, 0.5) is 5.69 Å². The monoisotopic (exact) mass is 399 g/mol. The van der Waals surface area contributed by atoms with E-state index in [-0.39, 0.29) is 18.2 Å². The maximum atomic E-state index is 12.8. The van der Waals surface area contributed by atoms with Gasteiger partial charge in [0.25, 0.3) is 0 Å². The van der Waals surface area contributed by atoms with Crippen LogP contribution in [-0.2, 0) is 16.0 Å². The van der Waals surface area contributed by atoms with Crippen molar-refractivity contribution < 1.29 is 9.59 Å². The Hall–Kier alpha value is -2.36. The molecule has 2 heterocycles. The number of carbonyl (C=O) groups is 2. The van der Waals surface area contributed by atoms with Crippen LogP contribution in [-0.4, -0.2) is 22.0 Å². The van der Waals surface area contributed by atoms with Crippen molar-refractivity contribution in [2.75, 3.05) is 4.90 Å². The third kappa shape index (κ3) is 4.32. The van der Waals surface area contributed by atoms with Crippen LogP contribution in [0, 0.1) is 17.2 Å². The number of benzene rings is 1. The number of anilines is 1. The Morgan fingerprint density at radius 1 is 1.33 bits per heavy atom. The van der Waals surface area contributed by atoms with Crippen LogP contribution < -0.4 is 4.90 Å². The minimum Gasteiger partial charge on any atom is -0.274 e. The maximum absolute atomic E-state index is 12.8. The Morgan fingerprint density at radius 3 is 2.78 bits per heavy atom. The van der Waals surface area contributed by atoms with Crippen molar-refractivity contribution in [2.24, 2.45) is 5.92 Å². The van der Waals surface area contributed by atoms with Crippen LogP contribution >= 0.6 is 23.4 Å². The van der Waals surface area contributed by atoms with Crippen LogP contribution in [0.3, 0.4) is 0 Å². The molecular formula is C20H18ClN3O2S. The van der Waals surface area contributed by atoms with Crippen molar-refractivity contribution in [2.45, 2.75) is 37.0 Å². The standard InChI is InChI=1S/C20H18ClN3O2S/c1-12(2)8-15-7-6-13(11-22)19(23-15)27-17-10-18(25)24(20(17)26)16-5-3-4-14(21)9-16/h3-7,9,12,17H,8,10H2,1-2H3/t17-/m0/s1. The zero-order valence-corrected chi connectivity index (χ0v) is 16.5. The second-order valence-electron chi connectivity index (χ2n) is 6.72. The van der Waals surface area contributed by atoms with Crippen molar-refractivity contribution in [3.63, 3.8) is 0 Å². The second kappa shape index (κ2) is 8.12. The third-order valence-electron chi connectivity index (χ3n) is 4.08. The first-order valence-corrected chi connectivity index (χ1v) is 9.84. The van der Waals surface area contributed by atoms with Crippen molar-refractivity contribution in [3.8, 4) is 6.07 Å². The fourth-order valence-electron chi connectivity index (χ4n) is 2.90. The summed E-state index contributed by atoms with van der Waals surface area (Å²) in [7, 11) is 0. The van der Waals surface area contributed by atoms with E-state index in [1.165, 1.54) is 11.8 Å². The summed E-state index contributed by atoms with van der Waals surface area (Å²) in [6.45, 7) is 4.18. The molecule has 1 aliphatic heterocycles. The van der Waals surface area contributed by atoms with Crippen LogP contribution in [0.5, 0.6) is 0 Å². The van der Waals surface area contributed by atoms with Gasteiger partial charge < -0.3 is 0 Å². The zero-order valence-electron chi connectivity index (χ0n) is 15.0. The molecule has 0 N–H and O–H groups in total. The van der Waals surface area contributed by atoms with Gasteiger partial charge >= 0.3 is 0 Å². The van der Waals surface area contributed by atoms with Crippen LogP contribution in [0.1, 0.15) is 31.5 Å². The zero-order chi connectivity index (χ0) is 19.6. The number of thioether (sulfide) groups is 1. The lowest BCUT2D eigenvalue weighted by molar-refractivity contribution is -0.121. The molecule has 3 rings (SSSR count). The van der Waals surface area contributed by atoms with Gasteiger partial charge in [0.2, 0.25) is 11.8 Å². The highest BCUT2D eigenvalue weighted by atomic mass is 35.5. The molecule has 1 saturated heterocycles. The molecule has 2 aromatic rings. The molecule has 7 heteroatoms. The van der Waals surface area contributed by atoms with Crippen molar-refractivity contribution in [1.29, 1.82) is 5.26 Å². The molecule has 2 amide bonds. The molecule has 0 aliphatic carbocycles. The summed E-state index contributed by atoms with van der Waals surface area (Å²) in [6.07, 6.45) is 0.850. The van der Waals surface area contributed by atoms with E-state index in [0.717, 1.165) is 17.0 Å². The van der Waals surface area contributed by atoms with Gasteiger partial charge in [-0.15, -0.1) is 0 Å². The normalized spacial score (nSPS) is 16.9. The molecule has 1 atom stereocenters. The quantitative estimate of drug-likeness (QED) is 0.703. The summed E-state index contributed by atoms with van der Waals surface area (Å²) in [5.41, 5.74) is 1.74. The number of aromatic nitrogens is 1. The first kappa shape index (κ1) is 19.4. The van der Waals surface area contributed by atoms with E-state index < -0.39 is 5.25 Å². The Morgan fingerprint density at radius 2 is 2.11 bits per heavy atom. The number of amides is 2. The number of nitriles is 1. The fourth-order valence-corrected chi connectivity index (χ4v) is 4.20. The molecule has 0 unspecified atom stereocenters. The predicted molar refractivity (Wildman–Crippen MR) is 106 cm³/mol. The van der Waals surface area contributed by atoms with Gasteiger partial charge in [-0.2, -0.15) is 5.26 Å². The van der Waals surface area contributed by atoms with Gasteiger partial charge in [-0.05, 0) is 42.7 Å². The average Bonchev–Trinajstić information content (AvgIpc) is 2.88. The Kier molecular flexibility index (Phi) is 5.83. The topological polar surface area (TPSA) is 74.1 Å². The molecule has 0 saturated carbocycles. The fraction of sp³-hybridized carbons (Fsp3) is 0.300. The minimum atomic E-state index is -0.606. The van der Waals surface area contributed by atoms with Crippen molar-refractivity contribution in [1.82, 2.24) is 4.98 Å². The second-order valence-corrected chi connectivity index (χ2v) is 8.35. The van der Waals surface area contributed by atoms with E-state index in [4.69, 9.17) is 11.6 Å². The number of pyridine rings is 1. The average molecular weight is 400 g/mol. The van der Waals surface area contributed by atoms with Crippen LogP contribution in [0.25, 0.3) is 0 Å². The first-order chi connectivity index (χ1) is 12.9. The summed E-state index contributed by atoms with van der Waals surface area (Å²) in [5, 5.41) is 9.71. The molecular weight excluding hydrogens is 382 g/mol. The lowest BCUT2D eigenvalue weighted by Crippen LogP contribution is -2.31. The summed E-state index contributed by atoms with van der Waals surface area (Å²) in [4.78, 5) is 31.0. The van der Waals surface area contributed by atoms with E-state index in [2.05, 4.69) is 24.9 Å². The van der Waals surface area contributed by atoms with Crippen molar-refractivity contribution >= 4 is 40.9 Å². The highest BCUT2D eigenvalue weighted by Crippen LogP contribution is 2.35. The maximum Gasteiger partial charge on any atom is 0.247 e. The number of imide groups is 1. The van der Waals surface area contributed by atoms with Gasteiger partial charge in [0, 0.05) is 17.1 Å². The van der Waals surface area contributed by atoms with E-state index in [9.17, 15) is 14.9 Å². The number of hydrogen-bond donors (Lipinski definition) is 0. The Balaban J connectivity index is 1.85. The molecule has 0 radical (unpaired) electrons. The minimum absolute atomic E-state index is 0.0664. The van der Waals surface area contributed by atoms with Crippen LogP contribution in [0.2, 0.25) is 5.02 Å². The van der Waals surface area contributed by atoms with Gasteiger partial charge in [0.1, 0.15) is 11.1 Å². The number of nitrogens with zero attached hydrogens (tertiary/aromatic N) is 3. The number of carbonyl (C=O) groups excluding carboxylic acids is 2. The number of halogens is 1. The molecule has 0 spiro atoms. The summed E-state index contributed by atoms with van der Waals surface area (Å²) in [5.74, 6) is -0.167. The summed E-state index contributed by atoms with van der Waals surface area (Å²) in [6, 6.07) is 12.3. The Bertz CT molecular complexity index is 939. The molecule has 138 valence electrons. The molecule has 1 aliphatic rings. The van der Waals surface area contributed by atoms with E-state index >= 15 is 0 Å². The number of hydrogen-bond acceptors (Lipinski definition) is 5. The van der Waals surface area contributed by atoms with Gasteiger partial charge in [-0.1, -0.05) is 43.3 Å². The van der Waals surface area contributed by atoms with Gasteiger partial charge in [-0.25, -0.2) is 9.88 Å². The first-order valence-electron chi connectivity index (χ1n) is 8.58. The lowest BCUT2D eigenvalue weighted by atomic mass is 10.1. The molecule has 1 aromatic carbocycles. The Labute approximate surface area is 167 Å². The summed E-state index contributed by atoms with van der Waals surface area (Å²) >= 11 is 7.16. The molecule has 1 fully saturated rings. The molecule has 0 bridgehead atoms. The molecule has 1 aromatic heterocycles. The van der Waals surface area contributed by atoms with E-state index in [1.54, 1.807) is 30.3 Å². The van der Waals surface area contributed by atoms with Crippen LogP contribution in [0.15, 0.2) is 41.4 Å². The largest absolute Gasteiger partial charge is 0.274 e. The smallest absolute Gasteiger partial charge is 0.247 e. The van der Waals surface area contributed by atoms with Crippen molar-refractivity contribution in [3.05, 3.63) is 52.7 Å². The lowest BCUT2D eigenvalue weighted by Gasteiger charge is -2.15. The highest BCUT2D eigenvalue weighted by Gasteiger charge is 2.40. The SMILES string of the molecule is CC(C)Cc1ccc(C#N)c(S[C@H]2CC(=O)N(c3cccc(Cl)c3)C2=O)n1. The third-order valence-corrected chi connectivity index (χ3v) is 5.50. The van der Waals surface area contributed by atoms with Gasteiger partial charge in [0.05, 0.1) is 16.5 Å². The highest BCUT2D eigenvalue weighted by molar-refractivity contribution is 8.00. The van der Waals surface area contributed by atoms with E-state index in [0.29, 0.717) is 27.2 Å².